The van der Waals surface area contributed by atoms with E-state index in [4.69, 9.17) is 4.74 Å². The number of amides is 2. The van der Waals surface area contributed by atoms with Crippen LogP contribution >= 0.6 is 11.3 Å². The second kappa shape index (κ2) is 6.21. The summed E-state index contributed by atoms with van der Waals surface area (Å²) in [5.41, 5.74) is 0.279. The maximum atomic E-state index is 12.4. The van der Waals surface area contributed by atoms with Gasteiger partial charge in [0, 0.05) is 25.4 Å². The maximum Gasteiger partial charge on any atom is 0.310 e. The van der Waals surface area contributed by atoms with E-state index in [0.717, 1.165) is 0 Å². The van der Waals surface area contributed by atoms with E-state index in [0.29, 0.717) is 18.2 Å². The van der Waals surface area contributed by atoms with Gasteiger partial charge < -0.3 is 15.0 Å². The van der Waals surface area contributed by atoms with E-state index in [-0.39, 0.29) is 35.3 Å². The van der Waals surface area contributed by atoms with Gasteiger partial charge in [0.2, 0.25) is 5.91 Å². The average Bonchev–Trinajstić information content (AvgIpc) is 3.03. The number of thiazole rings is 1. The van der Waals surface area contributed by atoms with Gasteiger partial charge in [-0.05, 0) is 5.92 Å². The largest absolute Gasteiger partial charge is 0.469 e. The average molecular weight is 311 g/mol. The molecule has 2 unspecified atom stereocenters. The lowest BCUT2D eigenvalue weighted by molar-refractivity contribution is -0.146. The van der Waals surface area contributed by atoms with E-state index in [1.54, 1.807) is 10.3 Å². The highest BCUT2D eigenvalue weighted by molar-refractivity contribution is 7.14. The Kier molecular flexibility index (Phi) is 4.56. The molecule has 1 aromatic rings. The van der Waals surface area contributed by atoms with E-state index in [9.17, 15) is 14.4 Å². The first kappa shape index (κ1) is 15.4. The number of hydrogen-bond acceptors (Lipinski definition) is 6. The van der Waals surface area contributed by atoms with E-state index in [2.05, 4.69) is 10.3 Å². The van der Waals surface area contributed by atoms with Crippen LogP contribution in [-0.2, 0) is 14.3 Å². The van der Waals surface area contributed by atoms with Gasteiger partial charge in [0.1, 0.15) is 5.69 Å². The highest BCUT2D eigenvalue weighted by Gasteiger charge is 2.38. The highest BCUT2D eigenvalue weighted by Crippen LogP contribution is 2.26. The van der Waals surface area contributed by atoms with Crippen LogP contribution in [0.2, 0.25) is 0 Å². The molecule has 0 aromatic carbocycles. The van der Waals surface area contributed by atoms with Crippen molar-refractivity contribution in [2.75, 3.05) is 25.5 Å². The van der Waals surface area contributed by atoms with Crippen molar-refractivity contribution in [3.05, 3.63) is 11.1 Å². The van der Waals surface area contributed by atoms with Crippen LogP contribution < -0.4 is 5.32 Å². The number of hydrogen-bond donors (Lipinski definition) is 1. The molecule has 0 spiro atoms. The molecule has 1 N–H and O–H groups in total. The Bertz CT molecular complexity index is 572. The lowest BCUT2D eigenvalue weighted by atomic mass is 9.99. The fourth-order valence-corrected chi connectivity index (χ4v) is 3.06. The molecule has 0 radical (unpaired) electrons. The summed E-state index contributed by atoms with van der Waals surface area (Å²) in [4.78, 5) is 40.6. The summed E-state index contributed by atoms with van der Waals surface area (Å²) in [6, 6.07) is 0. The van der Waals surface area contributed by atoms with Gasteiger partial charge in [0.05, 0.1) is 13.0 Å². The Morgan fingerprint density at radius 2 is 2.14 bits per heavy atom. The predicted molar refractivity (Wildman–Crippen MR) is 77.0 cm³/mol. The van der Waals surface area contributed by atoms with Gasteiger partial charge in [-0.2, -0.15) is 0 Å². The molecule has 2 rings (SSSR count). The van der Waals surface area contributed by atoms with Gasteiger partial charge in [-0.3, -0.25) is 14.4 Å². The van der Waals surface area contributed by atoms with Gasteiger partial charge in [0.15, 0.2) is 5.13 Å². The molecular weight excluding hydrogens is 294 g/mol. The minimum atomic E-state index is -0.299. The monoisotopic (exact) mass is 311 g/mol. The summed E-state index contributed by atoms with van der Waals surface area (Å²) < 4.78 is 4.75. The van der Waals surface area contributed by atoms with E-state index in [1.165, 1.54) is 25.4 Å². The quantitative estimate of drug-likeness (QED) is 0.841. The molecule has 2 atom stereocenters. The lowest BCUT2D eigenvalue weighted by Gasteiger charge is -2.14. The SMILES string of the molecule is COC(=O)C1CN(C(=O)c2csc(NC(C)=O)n2)CC1C. The van der Waals surface area contributed by atoms with Crippen LogP contribution in [0, 0.1) is 11.8 Å². The fraction of sp³-hybridized carbons (Fsp3) is 0.538. The van der Waals surface area contributed by atoms with Crippen molar-refractivity contribution in [1.29, 1.82) is 0 Å². The van der Waals surface area contributed by atoms with Crippen molar-refractivity contribution >= 4 is 34.3 Å². The number of carbonyl (C=O) groups is 3. The molecule has 1 aliphatic rings. The highest BCUT2D eigenvalue weighted by atomic mass is 32.1. The molecule has 1 saturated heterocycles. The van der Waals surface area contributed by atoms with E-state index < -0.39 is 0 Å². The van der Waals surface area contributed by atoms with E-state index in [1.807, 2.05) is 6.92 Å². The zero-order valence-corrected chi connectivity index (χ0v) is 12.9. The third-order valence-corrected chi connectivity index (χ3v) is 4.17. The minimum Gasteiger partial charge on any atom is -0.469 e. The number of esters is 1. The number of ether oxygens (including phenoxy) is 1. The Balaban J connectivity index is 2.05. The molecular formula is C13H17N3O4S. The predicted octanol–water partition coefficient (Wildman–Crippen LogP) is 0.983. The number of likely N-dealkylation sites (tertiary alicyclic amines) is 1. The number of anilines is 1. The van der Waals surface area contributed by atoms with Crippen molar-refractivity contribution in [1.82, 2.24) is 9.88 Å². The van der Waals surface area contributed by atoms with Crippen LogP contribution in [0.5, 0.6) is 0 Å². The number of carbonyl (C=O) groups excluding carboxylic acids is 3. The van der Waals surface area contributed by atoms with E-state index >= 15 is 0 Å². The second-order valence-electron chi connectivity index (χ2n) is 5.04. The third kappa shape index (κ3) is 3.38. The zero-order chi connectivity index (χ0) is 15.6. The van der Waals surface area contributed by atoms with Crippen LogP contribution in [0.15, 0.2) is 5.38 Å². The number of nitrogens with zero attached hydrogens (tertiary/aromatic N) is 2. The van der Waals surface area contributed by atoms with Crippen molar-refractivity contribution in [2.45, 2.75) is 13.8 Å². The molecule has 8 heteroatoms. The zero-order valence-electron chi connectivity index (χ0n) is 12.1. The summed E-state index contributed by atoms with van der Waals surface area (Å²) in [6.07, 6.45) is 0. The van der Waals surface area contributed by atoms with Gasteiger partial charge >= 0.3 is 5.97 Å². The van der Waals surface area contributed by atoms with Crippen molar-refractivity contribution in [3.8, 4) is 0 Å². The molecule has 114 valence electrons. The molecule has 1 aromatic heterocycles. The molecule has 0 bridgehead atoms. The van der Waals surface area contributed by atoms with Crippen LogP contribution in [0.3, 0.4) is 0 Å². The molecule has 1 fully saturated rings. The summed E-state index contributed by atoms with van der Waals surface area (Å²) in [6.45, 7) is 4.12. The number of nitrogens with one attached hydrogen (secondary N) is 1. The van der Waals surface area contributed by atoms with Crippen LogP contribution in [-0.4, -0.2) is 47.9 Å². The molecule has 2 amide bonds. The number of aromatic nitrogens is 1. The van der Waals surface area contributed by atoms with Crippen LogP contribution in [0.25, 0.3) is 0 Å². The molecule has 1 aliphatic heterocycles. The molecule has 0 saturated carbocycles. The standard InChI is InChI=1S/C13H17N3O4S/c1-7-4-16(5-9(7)12(19)20-3)11(18)10-6-21-13(15-10)14-8(2)17/h6-7,9H,4-5H2,1-3H3,(H,14,15,17). The first-order valence-corrected chi connectivity index (χ1v) is 7.40. The molecule has 2 heterocycles. The minimum absolute atomic E-state index is 0.0508. The van der Waals surface area contributed by atoms with Gasteiger partial charge in [-0.1, -0.05) is 6.92 Å². The second-order valence-corrected chi connectivity index (χ2v) is 5.89. The fourth-order valence-electron chi connectivity index (χ4n) is 2.33. The molecule has 7 nitrogen and oxygen atoms in total. The van der Waals surface area contributed by atoms with Crippen molar-refractivity contribution in [2.24, 2.45) is 11.8 Å². The topological polar surface area (TPSA) is 88.6 Å². The van der Waals surface area contributed by atoms with Gasteiger partial charge in [0.25, 0.3) is 5.91 Å². The Morgan fingerprint density at radius 3 is 2.76 bits per heavy atom. The summed E-state index contributed by atoms with van der Waals surface area (Å²) in [5, 5.41) is 4.53. The third-order valence-electron chi connectivity index (χ3n) is 3.41. The number of rotatable bonds is 3. The Morgan fingerprint density at radius 1 is 1.43 bits per heavy atom. The summed E-state index contributed by atoms with van der Waals surface area (Å²) in [7, 11) is 1.35. The normalized spacial score (nSPS) is 21.2. The van der Waals surface area contributed by atoms with Crippen molar-refractivity contribution < 1.29 is 19.1 Å². The maximum absolute atomic E-state index is 12.4. The van der Waals surface area contributed by atoms with Gasteiger partial charge in [-0.15, -0.1) is 11.3 Å². The lowest BCUT2D eigenvalue weighted by Crippen LogP contribution is -2.30. The Labute approximate surface area is 126 Å². The smallest absolute Gasteiger partial charge is 0.310 e. The number of methoxy groups -OCH3 is 1. The Hall–Kier alpha value is -1.96. The summed E-state index contributed by atoms with van der Waals surface area (Å²) >= 11 is 1.20. The van der Waals surface area contributed by atoms with Gasteiger partial charge in [-0.25, -0.2) is 4.98 Å². The van der Waals surface area contributed by atoms with Crippen molar-refractivity contribution in [3.63, 3.8) is 0 Å². The molecule has 0 aliphatic carbocycles. The van der Waals surface area contributed by atoms with Crippen LogP contribution in [0.4, 0.5) is 5.13 Å². The van der Waals surface area contributed by atoms with Crippen LogP contribution in [0.1, 0.15) is 24.3 Å². The first-order chi connectivity index (χ1) is 9.92. The summed E-state index contributed by atoms with van der Waals surface area (Å²) in [5.74, 6) is -1.01. The first-order valence-electron chi connectivity index (χ1n) is 6.52. The molecule has 21 heavy (non-hydrogen) atoms.